The Kier molecular flexibility index (Phi) is 5.57. The maximum absolute atomic E-state index is 12.7. The molecule has 0 atom stereocenters. The minimum atomic E-state index is -1.06. The average Bonchev–Trinajstić information content (AvgIpc) is 3.06. The molecule has 6 heteroatoms. The number of rotatable bonds is 5. The number of nitrogens with two attached hydrogens (primary N) is 1. The maximum Gasteiger partial charge on any atom is 0.256 e. The standard InChI is InChI=1S/C26H28N4O2/c1-16-10-17(19-11-22(26(2,3)32)21(13-28-4)23(27)12-19)7-8-18(16)14-30-15-24-20(25(30)31)6-5-9-29-24/h5-13,32H,14-15,27H2,1-4H3. The van der Waals surface area contributed by atoms with Gasteiger partial charge in [-0.3, -0.25) is 14.8 Å². The molecular formula is C26H28N4O2. The number of carbonyl (C=O) groups is 1. The second kappa shape index (κ2) is 8.20. The number of fused-ring (bicyclic) bond motifs is 1. The Morgan fingerprint density at radius 3 is 2.66 bits per heavy atom. The summed E-state index contributed by atoms with van der Waals surface area (Å²) < 4.78 is 0. The molecule has 1 amide bonds. The molecule has 0 aliphatic carbocycles. The van der Waals surface area contributed by atoms with Gasteiger partial charge >= 0.3 is 0 Å². The zero-order valence-electron chi connectivity index (χ0n) is 18.9. The van der Waals surface area contributed by atoms with E-state index in [0.717, 1.165) is 39.1 Å². The lowest BCUT2D eigenvalue weighted by molar-refractivity contribution is 0.0764. The molecule has 1 aromatic heterocycles. The zero-order chi connectivity index (χ0) is 23.0. The number of nitrogens with zero attached hydrogens (tertiary/aromatic N) is 3. The van der Waals surface area contributed by atoms with E-state index in [1.54, 1.807) is 39.4 Å². The van der Waals surface area contributed by atoms with E-state index in [1.165, 1.54) is 0 Å². The van der Waals surface area contributed by atoms with Gasteiger partial charge in [0.1, 0.15) is 0 Å². The lowest BCUT2D eigenvalue weighted by Crippen LogP contribution is -2.23. The van der Waals surface area contributed by atoms with Gasteiger partial charge in [-0.15, -0.1) is 0 Å². The second-order valence-electron chi connectivity index (χ2n) is 8.77. The molecule has 0 saturated carbocycles. The molecule has 6 nitrogen and oxygen atoms in total. The fourth-order valence-electron chi connectivity index (χ4n) is 4.19. The van der Waals surface area contributed by atoms with E-state index >= 15 is 0 Å². The summed E-state index contributed by atoms with van der Waals surface area (Å²) in [4.78, 5) is 22.9. The van der Waals surface area contributed by atoms with Gasteiger partial charge < -0.3 is 15.7 Å². The number of pyridine rings is 1. The molecule has 2 heterocycles. The molecule has 4 rings (SSSR count). The third-order valence-electron chi connectivity index (χ3n) is 5.91. The second-order valence-corrected chi connectivity index (χ2v) is 8.77. The monoisotopic (exact) mass is 428 g/mol. The number of carbonyl (C=O) groups excluding carboxylic acids is 1. The van der Waals surface area contributed by atoms with Crippen molar-refractivity contribution in [2.45, 2.75) is 39.5 Å². The van der Waals surface area contributed by atoms with Gasteiger partial charge in [0.25, 0.3) is 5.91 Å². The molecule has 1 aliphatic rings. The number of hydrogen-bond donors (Lipinski definition) is 2. The molecule has 32 heavy (non-hydrogen) atoms. The lowest BCUT2D eigenvalue weighted by atomic mass is 9.88. The Hall–Kier alpha value is -3.51. The maximum atomic E-state index is 12.7. The fraction of sp³-hybridized carbons (Fsp3) is 0.269. The van der Waals surface area contributed by atoms with Crippen LogP contribution in [0.1, 0.15) is 52.2 Å². The van der Waals surface area contributed by atoms with Gasteiger partial charge in [-0.2, -0.15) is 0 Å². The van der Waals surface area contributed by atoms with Crippen molar-refractivity contribution in [2.24, 2.45) is 4.99 Å². The normalized spacial score (nSPS) is 13.8. The number of aliphatic hydroxyl groups is 1. The number of aliphatic imine (C=N–C) groups is 1. The van der Waals surface area contributed by atoms with Crippen molar-refractivity contribution in [1.82, 2.24) is 9.88 Å². The molecule has 0 radical (unpaired) electrons. The van der Waals surface area contributed by atoms with Crippen molar-refractivity contribution < 1.29 is 9.90 Å². The van der Waals surface area contributed by atoms with Crippen LogP contribution >= 0.6 is 0 Å². The van der Waals surface area contributed by atoms with Gasteiger partial charge in [0.05, 0.1) is 23.4 Å². The van der Waals surface area contributed by atoms with Crippen LogP contribution < -0.4 is 5.73 Å². The van der Waals surface area contributed by atoms with Crippen molar-refractivity contribution in [3.8, 4) is 11.1 Å². The summed E-state index contributed by atoms with van der Waals surface area (Å²) >= 11 is 0. The highest BCUT2D eigenvalue weighted by atomic mass is 16.3. The van der Waals surface area contributed by atoms with Crippen LogP contribution in [-0.2, 0) is 18.7 Å². The van der Waals surface area contributed by atoms with Crippen molar-refractivity contribution in [1.29, 1.82) is 0 Å². The SMILES string of the molecule is CN=Cc1c(N)cc(-c2ccc(CN3Cc4ncccc4C3=O)c(C)c2)cc1C(C)(C)O. The summed E-state index contributed by atoms with van der Waals surface area (Å²) in [6.07, 6.45) is 3.40. The van der Waals surface area contributed by atoms with E-state index in [4.69, 9.17) is 5.73 Å². The third kappa shape index (κ3) is 4.01. The smallest absolute Gasteiger partial charge is 0.256 e. The fourth-order valence-corrected chi connectivity index (χ4v) is 4.19. The quantitative estimate of drug-likeness (QED) is 0.473. The Labute approximate surface area is 188 Å². The number of anilines is 1. The zero-order valence-corrected chi connectivity index (χ0v) is 18.9. The molecule has 0 fully saturated rings. The first-order valence-electron chi connectivity index (χ1n) is 10.6. The van der Waals surface area contributed by atoms with E-state index < -0.39 is 5.60 Å². The minimum absolute atomic E-state index is 0.0207. The number of aryl methyl sites for hydroxylation is 1. The lowest BCUT2D eigenvalue weighted by Gasteiger charge is -2.23. The number of nitrogen functional groups attached to an aromatic ring is 1. The van der Waals surface area contributed by atoms with Crippen LogP contribution in [-0.4, -0.2) is 34.2 Å². The van der Waals surface area contributed by atoms with Crippen LogP contribution in [0.25, 0.3) is 11.1 Å². The highest BCUT2D eigenvalue weighted by molar-refractivity contribution is 5.97. The van der Waals surface area contributed by atoms with Gasteiger partial charge in [-0.25, -0.2) is 0 Å². The Balaban J connectivity index is 1.64. The van der Waals surface area contributed by atoms with E-state index in [1.807, 2.05) is 36.1 Å². The molecule has 3 N–H and O–H groups in total. The Morgan fingerprint density at radius 1 is 1.22 bits per heavy atom. The van der Waals surface area contributed by atoms with Crippen LogP contribution in [0.15, 0.2) is 53.7 Å². The molecule has 0 saturated heterocycles. The van der Waals surface area contributed by atoms with Gasteiger partial charge in [0.15, 0.2) is 0 Å². The molecule has 0 spiro atoms. The minimum Gasteiger partial charge on any atom is -0.398 e. The van der Waals surface area contributed by atoms with Crippen molar-refractivity contribution >= 4 is 17.8 Å². The number of hydrogen-bond acceptors (Lipinski definition) is 5. The summed E-state index contributed by atoms with van der Waals surface area (Å²) in [5.41, 5.74) is 12.9. The van der Waals surface area contributed by atoms with Crippen LogP contribution in [0.5, 0.6) is 0 Å². The first-order chi connectivity index (χ1) is 15.2. The Morgan fingerprint density at radius 2 is 2.00 bits per heavy atom. The number of benzene rings is 2. The van der Waals surface area contributed by atoms with Crippen LogP contribution in [0.4, 0.5) is 5.69 Å². The highest BCUT2D eigenvalue weighted by Crippen LogP contribution is 2.34. The number of amides is 1. The first-order valence-corrected chi connectivity index (χ1v) is 10.6. The topological polar surface area (TPSA) is 91.8 Å². The summed E-state index contributed by atoms with van der Waals surface area (Å²) in [5.74, 6) is 0.0207. The van der Waals surface area contributed by atoms with Gasteiger partial charge in [-0.1, -0.05) is 18.2 Å². The summed E-state index contributed by atoms with van der Waals surface area (Å²) in [5, 5.41) is 10.7. The molecule has 3 aromatic rings. The van der Waals surface area contributed by atoms with Crippen LogP contribution in [0.2, 0.25) is 0 Å². The van der Waals surface area contributed by atoms with Crippen LogP contribution in [0, 0.1) is 6.92 Å². The third-order valence-corrected chi connectivity index (χ3v) is 5.91. The van der Waals surface area contributed by atoms with E-state index in [-0.39, 0.29) is 5.91 Å². The number of aromatic nitrogens is 1. The predicted octanol–water partition coefficient (Wildman–Crippen LogP) is 4.07. The summed E-state index contributed by atoms with van der Waals surface area (Å²) in [6.45, 7) is 6.59. The molecule has 1 aliphatic heterocycles. The highest BCUT2D eigenvalue weighted by Gasteiger charge is 2.28. The van der Waals surface area contributed by atoms with Crippen molar-refractivity contribution in [3.05, 3.63) is 82.2 Å². The van der Waals surface area contributed by atoms with Crippen molar-refractivity contribution in [2.75, 3.05) is 12.8 Å². The van der Waals surface area contributed by atoms with E-state index in [0.29, 0.717) is 24.3 Å². The van der Waals surface area contributed by atoms with Gasteiger partial charge in [0, 0.05) is 37.3 Å². The largest absolute Gasteiger partial charge is 0.398 e. The van der Waals surface area contributed by atoms with E-state index in [2.05, 4.69) is 22.1 Å². The predicted molar refractivity (Wildman–Crippen MR) is 128 cm³/mol. The van der Waals surface area contributed by atoms with Gasteiger partial charge in [0.2, 0.25) is 0 Å². The molecule has 0 unspecified atom stereocenters. The Bertz CT molecular complexity index is 1220. The first kappa shape index (κ1) is 21.7. The van der Waals surface area contributed by atoms with Crippen molar-refractivity contribution in [3.63, 3.8) is 0 Å². The molecule has 2 aromatic carbocycles. The van der Waals surface area contributed by atoms with Gasteiger partial charge in [-0.05, 0) is 72.9 Å². The molecular weight excluding hydrogens is 400 g/mol. The summed E-state index contributed by atoms with van der Waals surface area (Å²) in [7, 11) is 1.68. The summed E-state index contributed by atoms with van der Waals surface area (Å²) in [6, 6.07) is 13.7. The average molecular weight is 429 g/mol. The van der Waals surface area contributed by atoms with E-state index in [9.17, 15) is 9.90 Å². The molecule has 0 bridgehead atoms. The van der Waals surface area contributed by atoms with Crippen LogP contribution in [0.3, 0.4) is 0 Å². The molecule has 164 valence electrons.